The molecule has 1 aliphatic carbocycles. The maximum atomic E-state index is 12.4. The monoisotopic (exact) mass is 274 g/mol. The van der Waals surface area contributed by atoms with E-state index < -0.39 is 11.7 Å². The molecule has 1 N–H and O–H groups in total. The van der Waals surface area contributed by atoms with Crippen molar-refractivity contribution in [2.75, 3.05) is 14.2 Å². The minimum atomic E-state index is -1.25. The van der Waals surface area contributed by atoms with Crippen LogP contribution in [0, 0.1) is 0 Å². The van der Waals surface area contributed by atoms with E-state index in [2.05, 4.69) is 0 Å². The highest BCUT2D eigenvalue weighted by atomic mass is 16.5. The van der Waals surface area contributed by atoms with E-state index in [-0.39, 0.29) is 5.78 Å². The molecule has 0 radical (unpaired) electrons. The molecule has 0 aromatic heterocycles. The second-order valence-corrected chi connectivity index (χ2v) is 4.65. The summed E-state index contributed by atoms with van der Waals surface area (Å²) < 4.78 is 10.4. The predicted octanol–water partition coefficient (Wildman–Crippen LogP) is 2.14. The van der Waals surface area contributed by atoms with Crippen molar-refractivity contribution in [2.45, 2.75) is 18.1 Å². The van der Waals surface area contributed by atoms with Crippen molar-refractivity contribution in [3.63, 3.8) is 0 Å². The van der Waals surface area contributed by atoms with E-state index in [1.54, 1.807) is 43.5 Å². The van der Waals surface area contributed by atoms with Gasteiger partial charge < -0.3 is 14.6 Å². The van der Waals surface area contributed by atoms with Gasteiger partial charge in [-0.3, -0.25) is 4.79 Å². The van der Waals surface area contributed by atoms with Gasteiger partial charge in [0.25, 0.3) is 0 Å². The van der Waals surface area contributed by atoms with E-state index in [4.69, 9.17) is 9.47 Å². The molecule has 4 heteroatoms. The van der Waals surface area contributed by atoms with E-state index >= 15 is 0 Å². The molecule has 4 nitrogen and oxygen atoms in total. The summed E-state index contributed by atoms with van der Waals surface area (Å²) in [7, 11) is 3.05. The lowest BCUT2D eigenvalue weighted by atomic mass is 9.85. The van der Waals surface area contributed by atoms with Gasteiger partial charge >= 0.3 is 0 Å². The minimum Gasteiger partial charge on any atom is -0.497 e. The Bertz CT molecular complexity index is 530. The fraction of sp³-hybridized carbons (Fsp3) is 0.312. The second-order valence-electron chi connectivity index (χ2n) is 4.65. The van der Waals surface area contributed by atoms with Crippen molar-refractivity contribution in [2.24, 2.45) is 0 Å². The van der Waals surface area contributed by atoms with Crippen molar-refractivity contribution >= 4 is 5.78 Å². The number of carbonyl (C=O) groups excluding carboxylic acids is 1. The number of carbonyl (C=O) groups is 1. The van der Waals surface area contributed by atoms with Crippen molar-refractivity contribution in [3.05, 3.63) is 54.1 Å². The largest absolute Gasteiger partial charge is 0.497 e. The zero-order valence-electron chi connectivity index (χ0n) is 11.6. The number of allylic oxidation sites excluding steroid dienone is 2. The van der Waals surface area contributed by atoms with Crippen LogP contribution in [-0.2, 0) is 4.74 Å². The van der Waals surface area contributed by atoms with Crippen LogP contribution in [-0.4, -0.2) is 36.8 Å². The molecule has 1 aromatic carbocycles. The van der Waals surface area contributed by atoms with Gasteiger partial charge in [-0.2, -0.15) is 0 Å². The summed E-state index contributed by atoms with van der Waals surface area (Å²) in [5.74, 6) is 0.299. The molecule has 2 unspecified atom stereocenters. The zero-order chi connectivity index (χ0) is 14.6. The van der Waals surface area contributed by atoms with Gasteiger partial charge in [0, 0.05) is 19.1 Å². The Hall–Kier alpha value is -1.91. The van der Waals surface area contributed by atoms with Crippen LogP contribution in [0.2, 0.25) is 0 Å². The fourth-order valence-corrected chi connectivity index (χ4v) is 2.22. The number of ketones is 1. The number of rotatable bonds is 5. The molecule has 0 saturated carbocycles. The van der Waals surface area contributed by atoms with Gasteiger partial charge in [-0.15, -0.1) is 0 Å². The standard InChI is InChI=1S/C16H18O4/c1-19-13-8-6-12(7-9-13)14(17)15(18)16(20-2)10-4-3-5-11-16/h3-10,15,18H,11H2,1-2H3. The predicted molar refractivity (Wildman–Crippen MR) is 76.0 cm³/mol. The molecule has 0 fully saturated rings. The number of hydrogen-bond donors (Lipinski definition) is 1. The summed E-state index contributed by atoms with van der Waals surface area (Å²) in [4.78, 5) is 12.4. The number of benzene rings is 1. The first-order valence-electron chi connectivity index (χ1n) is 6.39. The van der Waals surface area contributed by atoms with Crippen molar-refractivity contribution < 1.29 is 19.4 Å². The third kappa shape index (κ3) is 2.66. The number of aliphatic hydroxyl groups is 1. The Morgan fingerprint density at radius 2 is 1.95 bits per heavy atom. The topological polar surface area (TPSA) is 55.8 Å². The third-order valence-corrected chi connectivity index (χ3v) is 3.53. The smallest absolute Gasteiger partial charge is 0.194 e. The van der Waals surface area contributed by atoms with Crippen LogP contribution in [0.1, 0.15) is 16.8 Å². The molecule has 2 atom stereocenters. The van der Waals surface area contributed by atoms with Crippen LogP contribution in [0.5, 0.6) is 5.75 Å². The Kier molecular flexibility index (Phi) is 4.37. The minimum absolute atomic E-state index is 0.366. The molecule has 0 amide bonds. The molecule has 106 valence electrons. The second kappa shape index (κ2) is 6.03. The molecule has 0 aliphatic heterocycles. The normalized spacial score (nSPS) is 22.6. The molecular formula is C16H18O4. The number of hydrogen-bond acceptors (Lipinski definition) is 4. The molecule has 0 heterocycles. The average molecular weight is 274 g/mol. The van der Waals surface area contributed by atoms with E-state index in [0.717, 1.165) is 0 Å². The van der Waals surface area contributed by atoms with Crippen LogP contribution in [0.3, 0.4) is 0 Å². The zero-order valence-corrected chi connectivity index (χ0v) is 11.6. The molecule has 0 bridgehead atoms. The van der Waals surface area contributed by atoms with E-state index in [1.165, 1.54) is 7.11 Å². The van der Waals surface area contributed by atoms with E-state index in [0.29, 0.717) is 17.7 Å². The summed E-state index contributed by atoms with van der Waals surface area (Å²) in [5, 5.41) is 10.4. The lowest BCUT2D eigenvalue weighted by Crippen LogP contribution is -2.47. The van der Waals surface area contributed by atoms with Crippen molar-refractivity contribution in [1.29, 1.82) is 0 Å². The fourth-order valence-electron chi connectivity index (χ4n) is 2.22. The lowest BCUT2D eigenvalue weighted by molar-refractivity contribution is -0.0525. The van der Waals surface area contributed by atoms with Gasteiger partial charge in [0.1, 0.15) is 17.5 Å². The van der Waals surface area contributed by atoms with Gasteiger partial charge in [-0.25, -0.2) is 0 Å². The van der Waals surface area contributed by atoms with Crippen LogP contribution < -0.4 is 4.74 Å². The highest BCUT2D eigenvalue weighted by molar-refractivity contribution is 6.00. The first kappa shape index (κ1) is 14.5. The molecule has 1 aromatic rings. The maximum Gasteiger partial charge on any atom is 0.194 e. The summed E-state index contributed by atoms with van der Waals surface area (Å²) in [6, 6.07) is 6.65. The SMILES string of the molecule is COc1ccc(C(=O)C(O)C2(OC)C=CC=CC2)cc1. The molecular weight excluding hydrogens is 256 g/mol. The highest BCUT2D eigenvalue weighted by Crippen LogP contribution is 2.28. The summed E-state index contributed by atoms with van der Waals surface area (Å²) in [6.45, 7) is 0. The Balaban J connectivity index is 2.22. The van der Waals surface area contributed by atoms with Gasteiger partial charge in [0.2, 0.25) is 0 Å². The highest BCUT2D eigenvalue weighted by Gasteiger charge is 2.40. The van der Waals surface area contributed by atoms with Gasteiger partial charge in [-0.1, -0.05) is 18.2 Å². The van der Waals surface area contributed by atoms with Crippen molar-refractivity contribution in [3.8, 4) is 5.75 Å². The van der Waals surface area contributed by atoms with Crippen LogP contribution in [0.15, 0.2) is 48.6 Å². The summed E-state index contributed by atoms with van der Waals surface area (Å²) in [6.07, 6.45) is 6.44. The lowest BCUT2D eigenvalue weighted by Gasteiger charge is -2.33. The van der Waals surface area contributed by atoms with E-state index in [1.807, 2.05) is 12.2 Å². The van der Waals surface area contributed by atoms with Crippen LogP contribution in [0.4, 0.5) is 0 Å². The molecule has 1 aliphatic rings. The average Bonchev–Trinajstić information content (AvgIpc) is 2.54. The van der Waals surface area contributed by atoms with Crippen molar-refractivity contribution in [1.82, 2.24) is 0 Å². The summed E-state index contributed by atoms with van der Waals surface area (Å²) in [5.41, 5.74) is -0.566. The third-order valence-electron chi connectivity index (χ3n) is 3.53. The first-order chi connectivity index (χ1) is 9.63. The van der Waals surface area contributed by atoms with Gasteiger partial charge in [0.15, 0.2) is 5.78 Å². The molecule has 2 rings (SSSR count). The molecule has 0 saturated heterocycles. The molecule has 0 spiro atoms. The molecule has 20 heavy (non-hydrogen) atoms. The number of Topliss-reactive ketones (excluding diaryl/α,β-unsaturated/α-hetero) is 1. The number of aliphatic hydroxyl groups excluding tert-OH is 1. The number of ether oxygens (including phenoxy) is 2. The maximum absolute atomic E-state index is 12.4. The van der Waals surface area contributed by atoms with E-state index in [9.17, 15) is 9.90 Å². The van der Waals surface area contributed by atoms with Gasteiger partial charge in [0.05, 0.1) is 7.11 Å². The first-order valence-corrected chi connectivity index (χ1v) is 6.39. The van der Waals surface area contributed by atoms with Gasteiger partial charge in [-0.05, 0) is 30.3 Å². The summed E-state index contributed by atoms with van der Waals surface area (Å²) >= 11 is 0. The number of methoxy groups -OCH3 is 2. The van der Waals surface area contributed by atoms with Crippen LogP contribution in [0.25, 0.3) is 0 Å². The quantitative estimate of drug-likeness (QED) is 0.836. The Morgan fingerprint density at radius 1 is 1.25 bits per heavy atom. The Labute approximate surface area is 118 Å². The van der Waals surface area contributed by atoms with Crippen LogP contribution >= 0.6 is 0 Å². The Morgan fingerprint density at radius 3 is 2.45 bits per heavy atom.